The number of ether oxygens (including phenoxy) is 1. The Labute approximate surface area is 161 Å². The highest BCUT2D eigenvalue weighted by molar-refractivity contribution is 5.65. The van der Waals surface area contributed by atoms with Crippen LogP contribution in [-0.4, -0.2) is 53.8 Å². The highest BCUT2D eigenvalue weighted by Gasteiger charge is 2.20. The molecule has 2 aromatic rings. The zero-order valence-electron chi connectivity index (χ0n) is 16.1. The summed E-state index contributed by atoms with van der Waals surface area (Å²) in [5.41, 5.74) is 3.76. The van der Waals surface area contributed by atoms with Crippen LogP contribution >= 0.6 is 0 Å². The Bertz CT molecular complexity index is 735. The largest absolute Gasteiger partial charge is 0.493 e. The molecule has 144 valence electrons. The molecule has 1 amide bonds. The Morgan fingerprint density at radius 2 is 1.67 bits per heavy atom. The zero-order valence-corrected chi connectivity index (χ0v) is 16.1. The molecule has 0 aromatic heterocycles. The molecule has 5 heteroatoms. The van der Waals surface area contributed by atoms with Gasteiger partial charge in [0, 0.05) is 38.6 Å². The minimum atomic E-state index is -0.819. The van der Waals surface area contributed by atoms with E-state index in [9.17, 15) is 4.79 Å². The van der Waals surface area contributed by atoms with Crippen LogP contribution in [0.4, 0.5) is 4.79 Å². The average Bonchev–Trinajstić information content (AvgIpc) is 2.68. The van der Waals surface area contributed by atoms with Gasteiger partial charge in [0.25, 0.3) is 0 Å². The first-order valence-corrected chi connectivity index (χ1v) is 9.50. The predicted octanol–water partition coefficient (Wildman–Crippen LogP) is 3.97. The number of nitrogens with zero attached hydrogens (tertiary/aromatic N) is 2. The van der Waals surface area contributed by atoms with E-state index in [0.29, 0.717) is 25.6 Å². The lowest BCUT2D eigenvalue weighted by atomic mass is 10.0. The summed E-state index contributed by atoms with van der Waals surface area (Å²) in [7, 11) is 0. The molecule has 1 fully saturated rings. The minimum Gasteiger partial charge on any atom is -0.493 e. The van der Waals surface area contributed by atoms with Crippen LogP contribution in [-0.2, 0) is 6.54 Å². The summed E-state index contributed by atoms with van der Waals surface area (Å²) in [6, 6.07) is 16.8. The minimum absolute atomic E-state index is 0.319. The predicted molar refractivity (Wildman–Crippen MR) is 106 cm³/mol. The molecule has 0 aliphatic carbocycles. The van der Waals surface area contributed by atoms with Crippen LogP contribution in [0.25, 0.3) is 0 Å². The highest BCUT2D eigenvalue weighted by Crippen LogP contribution is 2.20. The van der Waals surface area contributed by atoms with Crippen molar-refractivity contribution in [1.29, 1.82) is 0 Å². The Hall–Kier alpha value is -2.53. The number of benzene rings is 2. The van der Waals surface area contributed by atoms with Crippen LogP contribution in [0, 0.1) is 6.92 Å². The van der Waals surface area contributed by atoms with Gasteiger partial charge in [-0.25, -0.2) is 4.79 Å². The molecule has 5 nitrogen and oxygen atoms in total. The Kier molecular flexibility index (Phi) is 6.35. The normalized spacial score (nSPS) is 16.1. The SMILES string of the molecule is Cc1ccc(OCC(C)c2ccc(CN3CCN(C(=O)O)CC3)cc2)cc1. The fourth-order valence-electron chi connectivity index (χ4n) is 3.26. The van der Waals surface area contributed by atoms with E-state index in [0.717, 1.165) is 25.4 Å². The van der Waals surface area contributed by atoms with Gasteiger partial charge < -0.3 is 14.7 Å². The van der Waals surface area contributed by atoms with Gasteiger partial charge in [-0.1, -0.05) is 48.9 Å². The average molecular weight is 368 g/mol. The molecule has 1 aliphatic rings. The van der Waals surface area contributed by atoms with Crippen molar-refractivity contribution in [3.05, 3.63) is 65.2 Å². The van der Waals surface area contributed by atoms with Crippen molar-refractivity contribution < 1.29 is 14.6 Å². The summed E-state index contributed by atoms with van der Waals surface area (Å²) >= 11 is 0. The quantitative estimate of drug-likeness (QED) is 0.838. The number of carbonyl (C=O) groups is 1. The third-order valence-electron chi connectivity index (χ3n) is 5.12. The van der Waals surface area contributed by atoms with E-state index >= 15 is 0 Å². The molecule has 2 aromatic carbocycles. The number of piperazine rings is 1. The van der Waals surface area contributed by atoms with E-state index in [1.165, 1.54) is 21.6 Å². The monoisotopic (exact) mass is 368 g/mol. The van der Waals surface area contributed by atoms with Crippen molar-refractivity contribution >= 4 is 6.09 Å². The molecule has 1 N–H and O–H groups in total. The molecular formula is C22H28N2O3. The second-order valence-corrected chi connectivity index (χ2v) is 7.31. The van der Waals surface area contributed by atoms with Gasteiger partial charge in [-0.05, 0) is 30.2 Å². The maximum Gasteiger partial charge on any atom is 0.407 e. The summed E-state index contributed by atoms with van der Waals surface area (Å²) in [6.07, 6.45) is -0.819. The topological polar surface area (TPSA) is 53.0 Å². The number of rotatable bonds is 6. The fraction of sp³-hybridized carbons (Fsp3) is 0.409. The van der Waals surface area contributed by atoms with E-state index in [-0.39, 0.29) is 0 Å². The maximum atomic E-state index is 11.0. The Balaban J connectivity index is 1.48. The van der Waals surface area contributed by atoms with Crippen molar-refractivity contribution in [2.24, 2.45) is 0 Å². The van der Waals surface area contributed by atoms with Crippen molar-refractivity contribution in [2.45, 2.75) is 26.3 Å². The number of aryl methyl sites for hydroxylation is 1. The number of hydrogen-bond acceptors (Lipinski definition) is 3. The van der Waals surface area contributed by atoms with Crippen molar-refractivity contribution in [2.75, 3.05) is 32.8 Å². The first-order valence-electron chi connectivity index (χ1n) is 9.50. The molecular weight excluding hydrogens is 340 g/mol. The van der Waals surface area contributed by atoms with Gasteiger partial charge in [0.2, 0.25) is 0 Å². The van der Waals surface area contributed by atoms with Crippen LogP contribution in [0.1, 0.15) is 29.5 Å². The third-order valence-corrected chi connectivity index (χ3v) is 5.12. The second-order valence-electron chi connectivity index (χ2n) is 7.31. The Morgan fingerprint density at radius 3 is 2.26 bits per heavy atom. The van der Waals surface area contributed by atoms with Crippen LogP contribution in [0.5, 0.6) is 5.75 Å². The summed E-state index contributed by atoms with van der Waals surface area (Å²) in [6.45, 7) is 8.50. The lowest BCUT2D eigenvalue weighted by Gasteiger charge is -2.33. The molecule has 0 radical (unpaired) electrons. The molecule has 1 saturated heterocycles. The van der Waals surface area contributed by atoms with Gasteiger partial charge in [-0.3, -0.25) is 4.90 Å². The summed E-state index contributed by atoms with van der Waals surface area (Å²) in [5.74, 6) is 1.23. The highest BCUT2D eigenvalue weighted by atomic mass is 16.5. The van der Waals surface area contributed by atoms with Crippen molar-refractivity contribution in [3.63, 3.8) is 0 Å². The zero-order chi connectivity index (χ0) is 19.2. The standard InChI is InChI=1S/C22H28N2O3/c1-17-3-9-21(10-4-17)27-16-18(2)20-7-5-19(6-8-20)15-23-11-13-24(14-12-23)22(25)26/h3-10,18H,11-16H2,1-2H3,(H,25,26). The van der Waals surface area contributed by atoms with Crippen molar-refractivity contribution in [3.8, 4) is 5.75 Å². The van der Waals surface area contributed by atoms with Crippen LogP contribution < -0.4 is 4.74 Å². The number of amides is 1. The first kappa shape index (κ1) is 19.2. The smallest absolute Gasteiger partial charge is 0.407 e. The fourth-order valence-corrected chi connectivity index (χ4v) is 3.26. The molecule has 27 heavy (non-hydrogen) atoms. The molecule has 0 bridgehead atoms. The Morgan fingerprint density at radius 1 is 1.04 bits per heavy atom. The van der Waals surface area contributed by atoms with Gasteiger partial charge in [-0.2, -0.15) is 0 Å². The summed E-state index contributed by atoms with van der Waals surface area (Å²) in [4.78, 5) is 14.8. The van der Waals surface area contributed by atoms with Gasteiger partial charge in [0.1, 0.15) is 5.75 Å². The van der Waals surface area contributed by atoms with E-state index in [2.05, 4.69) is 55.1 Å². The number of carboxylic acid groups (broad SMARTS) is 1. The van der Waals surface area contributed by atoms with Crippen molar-refractivity contribution in [1.82, 2.24) is 9.80 Å². The van der Waals surface area contributed by atoms with E-state index in [4.69, 9.17) is 9.84 Å². The molecule has 1 aliphatic heterocycles. The van der Waals surface area contributed by atoms with Gasteiger partial charge >= 0.3 is 6.09 Å². The molecule has 3 rings (SSSR count). The van der Waals surface area contributed by atoms with Crippen LogP contribution in [0.3, 0.4) is 0 Å². The summed E-state index contributed by atoms with van der Waals surface area (Å²) in [5, 5.41) is 9.02. The first-order chi connectivity index (χ1) is 13.0. The number of hydrogen-bond donors (Lipinski definition) is 1. The molecule has 1 unspecified atom stereocenters. The lowest BCUT2D eigenvalue weighted by molar-refractivity contribution is 0.103. The van der Waals surface area contributed by atoms with Gasteiger partial charge in [0.05, 0.1) is 6.61 Å². The lowest BCUT2D eigenvalue weighted by Crippen LogP contribution is -2.47. The van der Waals surface area contributed by atoms with Crippen LogP contribution in [0.2, 0.25) is 0 Å². The van der Waals surface area contributed by atoms with Gasteiger partial charge in [0.15, 0.2) is 0 Å². The molecule has 0 spiro atoms. The molecule has 1 heterocycles. The van der Waals surface area contributed by atoms with Crippen LogP contribution in [0.15, 0.2) is 48.5 Å². The third kappa shape index (κ3) is 5.47. The van der Waals surface area contributed by atoms with E-state index < -0.39 is 6.09 Å². The van der Waals surface area contributed by atoms with E-state index in [1.54, 1.807) is 0 Å². The van der Waals surface area contributed by atoms with Gasteiger partial charge in [-0.15, -0.1) is 0 Å². The maximum absolute atomic E-state index is 11.0. The summed E-state index contributed by atoms with van der Waals surface area (Å²) < 4.78 is 5.90. The second kappa shape index (κ2) is 8.91. The molecule has 0 saturated carbocycles. The molecule has 1 atom stereocenters. The van der Waals surface area contributed by atoms with E-state index in [1.807, 2.05) is 12.1 Å².